The van der Waals surface area contributed by atoms with Crippen molar-refractivity contribution in [1.29, 1.82) is 0 Å². The molecule has 0 aliphatic heterocycles. The van der Waals surface area contributed by atoms with E-state index in [-0.39, 0.29) is 0 Å². The van der Waals surface area contributed by atoms with E-state index in [1.54, 1.807) is 0 Å². The molecule has 2 atom stereocenters. The second-order valence-corrected chi connectivity index (χ2v) is 6.72. The summed E-state index contributed by atoms with van der Waals surface area (Å²) in [5.41, 5.74) is 6.66. The minimum atomic E-state index is 0.339. The van der Waals surface area contributed by atoms with E-state index in [1.165, 1.54) is 17.7 Å². The lowest BCUT2D eigenvalue weighted by atomic mass is 9.75. The number of pyridine rings is 1. The number of nitrogens with zero attached hydrogens (tertiary/aromatic N) is 1. The summed E-state index contributed by atoms with van der Waals surface area (Å²) in [6.07, 6.45) is 7.31. The maximum atomic E-state index is 6.21. The molecule has 1 saturated carbocycles. The van der Waals surface area contributed by atoms with E-state index in [4.69, 9.17) is 5.73 Å². The molecule has 1 aliphatic rings. The third-order valence-electron chi connectivity index (χ3n) is 3.32. The van der Waals surface area contributed by atoms with Crippen molar-refractivity contribution in [1.82, 2.24) is 4.98 Å². The summed E-state index contributed by atoms with van der Waals surface area (Å²) >= 11 is 1.91. The Labute approximate surface area is 102 Å². The molecule has 3 heteroatoms. The lowest BCUT2D eigenvalue weighted by molar-refractivity contribution is 0.232. The Morgan fingerprint density at radius 1 is 1.38 bits per heavy atom. The van der Waals surface area contributed by atoms with Gasteiger partial charge in [-0.3, -0.25) is 4.98 Å². The average molecular weight is 236 g/mol. The molecule has 0 saturated heterocycles. The Kier molecular flexibility index (Phi) is 3.55. The smallest absolute Gasteiger partial charge is 0.0278 e. The van der Waals surface area contributed by atoms with Crippen LogP contribution in [0.3, 0.4) is 0 Å². The first-order valence-corrected chi connectivity index (χ1v) is 6.77. The second-order valence-electron chi connectivity index (χ2n) is 5.41. The van der Waals surface area contributed by atoms with Crippen LogP contribution in [0.15, 0.2) is 29.4 Å². The van der Waals surface area contributed by atoms with Crippen molar-refractivity contribution in [3.05, 3.63) is 24.5 Å². The minimum Gasteiger partial charge on any atom is -0.327 e. The van der Waals surface area contributed by atoms with Gasteiger partial charge in [0.1, 0.15) is 0 Å². The van der Waals surface area contributed by atoms with E-state index in [0.29, 0.717) is 16.7 Å². The summed E-state index contributed by atoms with van der Waals surface area (Å²) in [6.45, 7) is 4.69. The number of rotatable bonds is 2. The summed E-state index contributed by atoms with van der Waals surface area (Å²) in [6, 6.07) is 4.48. The molecule has 1 fully saturated rings. The van der Waals surface area contributed by atoms with Crippen LogP contribution in [-0.4, -0.2) is 16.3 Å². The Morgan fingerprint density at radius 3 is 2.75 bits per heavy atom. The molecule has 1 aliphatic carbocycles. The largest absolute Gasteiger partial charge is 0.327 e. The fraction of sp³-hybridized carbons (Fsp3) is 0.615. The molecular weight excluding hydrogens is 216 g/mol. The van der Waals surface area contributed by atoms with Gasteiger partial charge in [-0.2, -0.15) is 0 Å². The average Bonchev–Trinajstić information content (AvgIpc) is 2.25. The van der Waals surface area contributed by atoms with Gasteiger partial charge >= 0.3 is 0 Å². The third-order valence-corrected chi connectivity index (χ3v) is 4.69. The van der Waals surface area contributed by atoms with Gasteiger partial charge < -0.3 is 5.73 Å². The Morgan fingerprint density at radius 2 is 2.06 bits per heavy atom. The van der Waals surface area contributed by atoms with E-state index in [0.717, 1.165) is 6.42 Å². The van der Waals surface area contributed by atoms with Crippen LogP contribution in [0, 0.1) is 5.41 Å². The van der Waals surface area contributed by atoms with Gasteiger partial charge in [-0.1, -0.05) is 13.8 Å². The number of nitrogens with two attached hydrogens (primary N) is 1. The van der Waals surface area contributed by atoms with E-state index in [1.807, 2.05) is 24.2 Å². The third kappa shape index (κ3) is 2.98. The van der Waals surface area contributed by atoms with Gasteiger partial charge in [0.15, 0.2) is 0 Å². The predicted molar refractivity (Wildman–Crippen MR) is 69.5 cm³/mol. The van der Waals surface area contributed by atoms with Gasteiger partial charge in [0, 0.05) is 28.6 Å². The molecule has 16 heavy (non-hydrogen) atoms. The van der Waals surface area contributed by atoms with E-state index in [2.05, 4.69) is 31.0 Å². The molecule has 2 rings (SSSR count). The Hall–Kier alpha value is -0.540. The van der Waals surface area contributed by atoms with Crippen molar-refractivity contribution in [2.45, 2.75) is 49.3 Å². The molecular formula is C13H20N2S. The molecule has 2 unspecified atom stereocenters. The zero-order chi connectivity index (χ0) is 11.6. The monoisotopic (exact) mass is 236 g/mol. The lowest BCUT2D eigenvalue weighted by Crippen LogP contribution is -2.41. The zero-order valence-electron chi connectivity index (χ0n) is 10.0. The second kappa shape index (κ2) is 4.76. The van der Waals surface area contributed by atoms with Crippen molar-refractivity contribution in [3.8, 4) is 0 Å². The molecule has 0 amide bonds. The highest BCUT2D eigenvalue weighted by molar-refractivity contribution is 8.00. The SMILES string of the molecule is CC1(C)CCC(N)C(Sc2ccncc2)C1. The highest BCUT2D eigenvalue weighted by Crippen LogP contribution is 2.41. The molecule has 88 valence electrons. The van der Waals surface area contributed by atoms with Crippen molar-refractivity contribution in [3.63, 3.8) is 0 Å². The summed E-state index contributed by atoms with van der Waals surface area (Å²) in [5.74, 6) is 0. The van der Waals surface area contributed by atoms with Gasteiger partial charge in [0.05, 0.1) is 0 Å². The Bertz CT molecular complexity index is 337. The topological polar surface area (TPSA) is 38.9 Å². The highest BCUT2D eigenvalue weighted by Gasteiger charge is 2.33. The van der Waals surface area contributed by atoms with Crippen LogP contribution in [0.1, 0.15) is 33.1 Å². The van der Waals surface area contributed by atoms with Crippen LogP contribution in [0.4, 0.5) is 0 Å². The number of hydrogen-bond acceptors (Lipinski definition) is 3. The Balaban J connectivity index is 2.03. The van der Waals surface area contributed by atoms with Crippen LogP contribution in [0.2, 0.25) is 0 Å². The molecule has 0 bridgehead atoms. The standard InChI is InChI=1S/C13H20N2S/c1-13(2)6-3-11(14)12(9-13)16-10-4-7-15-8-5-10/h4-5,7-8,11-12H,3,6,9,14H2,1-2H3. The molecule has 1 aromatic heterocycles. The van der Waals surface area contributed by atoms with Crippen LogP contribution in [0.25, 0.3) is 0 Å². The van der Waals surface area contributed by atoms with Gasteiger partial charge in [-0.05, 0) is 36.8 Å². The van der Waals surface area contributed by atoms with Crippen molar-refractivity contribution in [2.75, 3.05) is 0 Å². The maximum Gasteiger partial charge on any atom is 0.0278 e. The normalized spacial score (nSPS) is 28.9. The lowest BCUT2D eigenvalue weighted by Gasteiger charge is -2.38. The highest BCUT2D eigenvalue weighted by atomic mass is 32.2. The molecule has 2 nitrogen and oxygen atoms in total. The number of aromatic nitrogens is 1. The summed E-state index contributed by atoms with van der Waals surface area (Å²) in [4.78, 5) is 5.33. The fourth-order valence-electron chi connectivity index (χ4n) is 2.26. The molecule has 2 N–H and O–H groups in total. The molecule has 1 heterocycles. The quantitative estimate of drug-likeness (QED) is 0.857. The predicted octanol–water partition coefficient (Wildman–Crippen LogP) is 3.08. The van der Waals surface area contributed by atoms with Crippen molar-refractivity contribution < 1.29 is 0 Å². The summed E-state index contributed by atoms with van der Waals surface area (Å²) in [7, 11) is 0. The zero-order valence-corrected chi connectivity index (χ0v) is 10.8. The first-order chi connectivity index (χ1) is 7.57. The molecule has 0 radical (unpaired) electrons. The van der Waals surface area contributed by atoms with Gasteiger partial charge in [0.2, 0.25) is 0 Å². The first-order valence-electron chi connectivity index (χ1n) is 5.89. The van der Waals surface area contributed by atoms with Crippen LogP contribution in [0.5, 0.6) is 0 Å². The fourth-order valence-corrected chi connectivity index (χ4v) is 3.74. The van der Waals surface area contributed by atoms with Crippen molar-refractivity contribution >= 4 is 11.8 Å². The molecule has 0 spiro atoms. The van der Waals surface area contributed by atoms with Crippen molar-refractivity contribution in [2.24, 2.45) is 11.1 Å². The van der Waals surface area contributed by atoms with Crippen LogP contribution in [-0.2, 0) is 0 Å². The van der Waals surface area contributed by atoms with Crippen LogP contribution < -0.4 is 5.73 Å². The molecule has 1 aromatic rings. The molecule has 0 aromatic carbocycles. The van der Waals surface area contributed by atoms with Crippen LogP contribution >= 0.6 is 11.8 Å². The minimum absolute atomic E-state index is 0.339. The number of hydrogen-bond donors (Lipinski definition) is 1. The van der Waals surface area contributed by atoms with Gasteiger partial charge in [-0.25, -0.2) is 0 Å². The van der Waals surface area contributed by atoms with Gasteiger partial charge in [0.25, 0.3) is 0 Å². The summed E-state index contributed by atoms with van der Waals surface area (Å²) < 4.78 is 0. The summed E-state index contributed by atoms with van der Waals surface area (Å²) in [5, 5.41) is 0.547. The van der Waals surface area contributed by atoms with E-state index in [9.17, 15) is 0 Å². The first kappa shape index (κ1) is 11.9. The number of thioether (sulfide) groups is 1. The van der Waals surface area contributed by atoms with E-state index < -0.39 is 0 Å². The van der Waals surface area contributed by atoms with E-state index >= 15 is 0 Å². The maximum absolute atomic E-state index is 6.21. The van der Waals surface area contributed by atoms with Gasteiger partial charge in [-0.15, -0.1) is 11.8 Å².